The van der Waals surface area contributed by atoms with E-state index < -0.39 is 4.92 Å². The molecule has 17 heavy (non-hydrogen) atoms. The molecular weight excluding hydrogens is 224 g/mol. The molecule has 1 aromatic heterocycles. The second-order valence-corrected chi connectivity index (χ2v) is 3.64. The lowest BCUT2D eigenvalue weighted by Crippen LogP contribution is -2.32. The van der Waals surface area contributed by atoms with Crippen LogP contribution >= 0.6 is 0 Å². The van der Waals surface area contributed by atoms with Crippen molar-refractivity contribution in [2.24, 2.45) is 5.73 Å². The van der Waals surface area contributed by atoms with Gasteiger partial charge in [-0.3, -0.25) is 14.9 Å². The van der Waals surface area contributed by atoms with Crippen molar-refractivity contribution in [1.82, 2.24) is 9.47 Å². The highest BCUT2D eigenvalue weighted by atomic mass is 16.6. The molecule has 1 amide bonds. The average molecular weight is 240 g/mol. The van der Waals surface area contributed by atoms with Gasteiger partial charge in [-0.1, -0.05) is 0 Å². The molecular formula is C10H16N4O3. The van der Waals surface area contributed by atoms with Crippen molar-refractivity contribution in [1.29, 1.82) is 0 Å². The molecule has 1 heterocycles. The van der Waals surface area contributed by atoms with Crippen molar-refractivity contribution >= 4 is 11.6 Å². The van der Waals surface area contributed by atoms with Gasteiger partial charge in [-0.2, -0.15) is 0 Å². The Balaban J connectivity index is 3.03. The molecule has 94 valence electrons. The van der Waals surface area contributed by atoms with Crippen LogP contribution in [0, 0.1) is 10.1 Å². The number of hydrogen-bond acceptors (Lipinski definition) is 4. The van der Waals surface area contributed by atoms with E-state index in [-0.39, 0.29) is 11.6 Å². The van der Waals surface area contributed by atoms with Crippen LogP contribution < -0.4 is 5.73 Å². The first-order chi connectivity index (χ1) is 8.01. The van der Waals surface area contributed by atoms with Gasteiger partial charge in [-0.15, -0.1) is 0 Å². The number of carbonyl (C=O) groups excluding carboxylic acids is 1. The van der Waals surface area contributed by atoms with E-state index in [2.05, 4.69) is 0 Å². The number of hydrogen-bond donors (Lipinski definition) is 1. The van der Waals surface area contributed by atoms with Crippen LogP contribution in [0.1, 0.15) is 17.4 Å². The maximum Gasteiger partial charge on any atom is 0.287 e. The van der Waals surface area contributed by atoms with E-state index in [4.69, 9.17) is 5.73 Å². The fraction of sp³-hybridized carbons (Fsp3) is 0.500. The molecule has 0 bridgehead atoms. The molecule has 0 radical (unpaired) electrons. The summed E-state index contributed by atoms with van der Waals surface area (Å²) in [6, 6.07) is 1.29. The lowest BCUT2D eigenvalue weighted by molar-refractivity contribution is -0.384. The van der Waals surface area contributed by atoms with Gasteiger partial charge in [-0.05, 0) is 6.92 Å². The molecule has 0 fully saturated rings. The van der Waals surface area contributed by atoms with Gasteiger partial charge in [0.1, 0.15) is 5.69 Å². The van der Waals surface area contributed by atoms with Crippen LogP contribution in [-0.2, 0) is 6.54 Å². The summed E-state index contributed by atoms with van der Waals surface area (Å²) in [6.07, 6.45) is 1.36. The van der Waals surface area contributed by atoms with Crippen LogP contribution in [0.5, 0.6) is 0 Å². The summed E-state index contributed by atoms with van der Waals surface area (Å²) < 4.78 is 1.56. The molecule has 0 aliphatic rings. The molecule has 0 spiro atoms. The lowest BCUT2D eigenvalue weighted by atomic mass is 10.3. The van der Waals surface area contributed by atoms with Gasteiger partial charge < -0.3 is 15.2 Å². The van der Waals surface area contributed by atoms with Crippen molar-refractivity contribution in [3.63, 3.8) is 0 Å². The van der Waals surface area contributed by atoms with Crippen LogP contribution in [0.15, 0.2) is 12.3 Å². The zero-order valence-corrected chi connectivity index (χ0v) is 9.92. The molecule has 0 saturated carbocycles. The predicted octanol–water partition coefficient (Wildman–Crippen LogP) is 0.447. The lowest BCUT2D eigenvalue weighted by Gasteiger charge is -2.16. The van der Waals surface area contributed by atoms with E-state index >= 15 is 0 Å². The zero-order valence-electron chi connectivity index (χ0n) is 9.92. The van der Waals surface area contributed by atoms with Crippen LogP contribution in [0.25, 0.3) is 0 Å². The smallest absolute Gasteiger partial charge is 0.287 e. The summed E-state index contributed by atoms with van der Waals surface area (Å²) in [6.45, 7) is 3.10. The number of carbonyl (C=O) groups is 1. The summed E-state index contributed by atoms with van der Waals surface area (Å²) in [7, 11) is 1.62. The van der Waals surface area contributed by atoms with Gasteiger partial charge in [0.15, 0.2) is 0 Å². The number of likely N-dealkylation sites (N-methyl/N-ethyl adjacent to an activating group) is 1. The minimum atomic E-state index is -0.508. The molecule has 0 atom stereocenters. The molecule has 1 aromatic rings. The van der Waals surface area contributed by atoms with Crippen LogP contribution in [0.4, 0.5) is 5.69 Å². The summed E-state index contributed by atoms with van der Waals surface area (Å²) in [5.41, 5.74) is 5.60. The second kappa shape index (κ2) is 5.44. The van der Waals surface area contributed by atoms with Crippen LogP contribution in [-0.4, -0.2) is 40.4 Å². The Morgan fingerprint density at radius 2 is 2.29 bits per heavy atom. The monoisotopic (exact) mass is 240 g/mol. The molecule has 1 rings (SSSR count). The Morgan fingerprint density at radius 1 is 1.65 bits per heavy atom. The van der Waals surface area contributed by atoms with E-state index in [0.717, 1.165) is 0 Å². The van der Waals surface area contributed by atoms with Crippen molar-refractivity contribution in [2.45, 2.75) is 13.5 Å². The number of aromatic nitrogens is 1. The highest BCUT2D eigenvalue weighted by Crippen LogP contribution is 2.17. The Morgan fingerprint density at radius 3 is 2.76 bits per heavy atom. The molecule has 0 aromatic carbocycles. The summed E-state index contributed by atoms with van der Waals surface area (Å²) >= 11 is 0. The number of nitro groups is 1. The minimum Gasteiger partial charge on any atom is -0.339 e. The molecule has 0 aliphatic carbocycles. The third-order valence-electron chi connectivity index (χ3n) is 2.46. The number of aryl methyl sites for hydroxylation is 1. The topological polar surface area (TPSA) is 94.4 Å². The first-order valence-corrected chi connectivity index (χ1v) is 5.31. The summed E-state index contributed by atoms with van der Waals surface area (Å²) in [4.78, 5) is 23.6. The standard InChI is InChI=1S/C10H16N4O3/c1-3-13-7-8(14(16)17)6-9(13)10(15)12(2)5-4-11/h6-7H,3-5,11H2,1-2H3. The Labute approximate surface area is 99.0 Å². The first-order valence-electron chi connectivity index (χ1n) is 5.31. The molecule has 0 saturated heterocycles. The summed E-state index contributed by atoms with van der Waals surface area (Å²) in [5, 5.41) is 10.6. The van der Waals surface area contributed by atoms with E-state index in [1.165, 1.54) is 17.2 Å². The third kappa shape index (κ3) is 2.82. The van der Waals surface area contributed by atoms with Crippen molar-refractivity contribution in [3.05, 3.63) is 28.1 Å². The Hall–Kier alpha value is -1.89. The molecule has 7 nitrogen and oxygen atoms in total. The van der Waals surface area contributed by atoms with Gasteiger partial charge in [-0.25, -0.2) is 0 Å². The van der Waals surface area contributed by atoms with Crippen LogP contribution in [0.3, 0.4) is 0 Å². The Bertz CT molecular complexity index is 427. The fourth-order valence-corrected chi connectivity index (χ4v) is 1.53. The van der Waals surface area contributed by atoms with Gasteiger partial charge >= 0.3 is 0 Å². The number of rotatable bonds is 5. The van der Waals surface area contributed by atoms with E-state index in [1.54, 1.807) is 11.6 Å². The SMILES string of the molecule is CCn1cc([N+](=O)[O-])cc1C(=O)N(C)CCN. The average Bonchev–Trinajstić information content (AvgIpc) is 2.72. The van der Waals surface area contributed by atoms with E-state index in [0.29, 0.717) is 25.3 Å². The predicted molar refractivity (Wildman–Crippen MR) is 62.8 cm³/mol. The quantitative estimate of drug-likeness (QED) is 0.597. The maximum atomic E-state index is 12.0. The van der Waals surface area contributed by atoms with Crippen LogP contribution in [0.2, 0.25) is 0 Å². The molecule has 7 heteroatoms. The Kier molecular flexibility index (Phi) is 4.22. The minimum absolute atomic E-state index is 0.0728. The largest absolute Gasteiger partial charge is 0.339 e. The fourth-order valence-electron chi connectivity index (χ4n) is 1.53. The molecule has 2 N–H and O–H groups in total. The normalized spacial score (nSPS) is 10.3. The molecule has 0 aliphatic heterocycles. The van der Waals surface area contributed by atoms with E-state index in [1.807, 2.05) is 6.92 Å². The second-order valence-electron chi connectivity index (χ2n) is 3.64. The van der Waals surface area contributed by atoms with Crippen molar-refractivity contribution in [2.75, 3.05) is 20.1 Å². The highest BCUT2D eigenvalue weighted by Gasteiger charge is 2.20. The number of nitrogens with zero attached hydrogens (tertiary/aromatic N) is 3. The molecule has 0 unspecified atom stereocenters. The van der Waals surface area contributed by atoms with E-state index in [9.17, 15) is 14.9 Å². The van der Waals surface area contributed by atoms with Gasteiger partial charge in [0.25, 0.3) is 11.6 Å². The first kappa shape index (κ1) is 13.2. The summed E-state index contributed by atoms with van der Waals surface area (Å²) in [5.74, 6) is -0.259. The van der Waals surface area contributed by atoms with Gasteiger partial charge in [0.2, 0.25) is 0 Å². The van der Waals surface area contributed by atoms with Crippen molar-refractivity contribution in [3.8, 4) is 0 Å². The van der Waals surface area contributed by atoms with Gasteiger partial charge in [0.05, 0.1) is 11.1 Å². The highest BCUT2D eigenvalue weighted by molar-refractivity contribution is 5.93. The number of amides is 1. The zero-order chi connectivity index (χ0) is 13.0. The number of nitrogens with two attached hydrogens (primary N) is 1. The maximum absolute atomic E-state index is 12.0. The third-order valence-corrected chi connectivity index (χ3v) is 2.46. The van der Waals surface area contributed by atoms with Gasteiger partial charge in [0, 0.05) is 32.7 Å². The van der Waals surface area contributed by atoms with Crippen molar-refractivity contribution < 1.29 is 9.72 Å².